The number of nitrogens with two attached hydrogens (primary N) is 2. The molecule has 1 fully saturated rings. The van der Waals surface area contributed by atoms with E-state index in [9.17, 15) is 4.79 Å². The van der Waals surface area contributed by atoms with Crippen LogP contribution in [0.2, 0.25) is 0 Å². The number of nitrogens with one attached hydrogen (secondary N) is 2. The van der Waals surface area contributed by atoms with Crippen molar-refractivity contribution in [2.24, 2.45) is 28.6 Å². The number of aromatic nitrogens is 1. The van der Waals surface area contributed by atoms with E-state index in [4.69, 9.17) is 16.8 Å². The van der Waals surface area contributed by atoms with Crippen LogP contribution in [0.25, 0.3) is 0 Å². The molecule has 1 aliphatic heterocycles. The number of pyridine rings is 1. The molecule has 7 N–H and O–H groups in total. The summed E-state index contributed by atoms with van der Waals surface area (Å²) < 4.78 is 0. The van der Waals surface area contributed by atoms with Crippen molar-refractivity contribution in [2.45, 2.75) is 66.2 Å². The monoisotopic (exact) mass is 408 g/mol. The Morgan fingerprint density at radius 2 is 1.97 bits per heavy atom. The van der Waals surface area contributed by atoms with Gasteiger partial charge in [0.15, 0.2) is 0 Å². The Bertz CT molecular complexity index is 583. The first-order valence-corrected chi connectivity index (χ1v) is 10.5. The van der Waals surface area contributed by atoms with Gasteiger partial charge in [-0.1, -0.05) is 33.8 Å². The number of rotatable bonds is 6. The van der Waals surface area contributed by atoms with Gasteiger partial charge in [-0.2, -0.15) is 5.10 Å². The van der Waals surface area contributed by atoms with Crippen LogP contribution in [-0.2, 0) is 4.79 Å². The Hall–Kier alpha value is -2.19. The van der Waals surface area contributed by atoms with Crippen molar-refractivity contribution in [1.29, 1.82) is 0 Å². The molecule has 29 heavy (non-hydrogen) atoms. The maximum atomic E-state index is 10.8. The maximum Gasteiger partial charge on any atom is 0.306 e. The molecule has 0 bridgehead atoms. The molecule has 8 heteroatoms. The molecule has 1 aliphatic rings. The summed E-state index contributed by atoms with van der Waals surface area (Å²) in [7, 11) is 0. The van der Waals surface area contributed by atoms with Crippen molar-refractivity contribution in [3.05, 3.63) is 29.6 Å². The topological polar surface area (TPSA) is 139 Å². The average Bonchev–Trinajstić information content (AvgIpc) is 2.74. The molecule has 0 aliphatic carbocycles. The number of carboxylic acid groups (broad SMARTS) is 1. The average molecular weight is 409 g/mol. The van der Waals surface area contributed by atoms with Crippen LogP contribution in [0.4, 0.5) is 0 Å². The number of hydrogen-bond donors (Lipinski definition) is 5. The number of carboxylic acids is 1. The fourth-order valence-corrected chi connectivity index (χ4v) is 3.10. The molecule has 1 atom stereocenters. The molecular formula is C21H40N6O2. The minimum Gasteiger partial charge on any atom is -0.481 e. The number of hydrazone groups is 1. The van der Waals surface area contributed by atoms with Gasteiger partial charge in [0, 0.05) is 18.3 Å². The molecule has 0 amide bonds. The predicted molar refractivity (Wildman–Crippen MR) is 119 cm³/mol. The van der Waals surface area contributed by atoms with Gasteiger partial charge in [0.05, 0.1) is 5.92 Å². The summed E-state index contributed by atoms with van der Waals surface area (Å²) in [4.78, 5) is 15.2. The molecule has 1 unspecified atom stereocenters. The molecular weight excluding hydrogens is 368 g/mol. The fraction of sp³-hybridized carbons (Fsp3) is 0.667. The molecule has 1 saturated heterocycles. The highest BCUT2D eigenvalue weighted by Gasteiger charge is 2.20. The SMILES string of the molecule is CC.CC(C)CC(C/C(=N/N)NN)C(=O)O.Cc1ccc(C2CCNCC2)cn1. The fourth-order valence-electron chi connectivity index (χ4n) is 3.10. The summed E-state index contributed by atoms with van der Waals surface area (Å²) in [6, 6.07) is 4.33. The second-order valence-electron chi connectivity index (χ2n) is 7.35. The number of hydrazine groups is 1. The first kappa shape index (κ1) is 26.8. The lowest BCUT2D eigenvalue weighted by Crippen LogP contribution is -2.34. The third-order valence-corrected chi connectivity index (χ3v) is 4.61. The van der Waals surface area contributed by atoms with Gasteiger partial charge in [0.2, 0.25) is 0 Å². The van der Waals surface area contributed by atoms with E-state index in [1.165, 1.54) is 18.4 Å². The van der Waals surface area contributed by atoms with E-state index in [1.807, 2.05) is 40.8 Å². The Balaban J connectivity index is 0.000000498. The first-order chi connectivity index (χ1) is 13.9. The normalized spacial score (nSPS) is 15.5. The number of aryl methyl sites for hydroxylation is 1. The predicted octanol–water partition coefficient (Wildman–Crippen LogP) is 2.74. The van der Waals surface area contributed by atoms with E-state index in [-0.39, 0.29) is 6.42 Å². The molecule has 8 nitrogen and oxygen atoms in total. The maximum absolute atomic E-state index is 10.8. The van der Waals surface area contributed by atoms with E-state index >= 15 is 0 Å². The Labute approximate surface area is 175 Å². The largest absolute Gasteiger partial charge is 0.481 e. The highest BCUT2D eigenvalue weighted by atomic mass is 16.4. The van der Waals surface area contributed by atoms with Crippen LogP contribution in [0.1, 0.15) is 70.6 Å². The summed E-state index contributed by atoms with van der Waals surface area (Å²) in [6.07, 6.45) is 5.36. The molecule has 1 aromatic rings. The lowest BCUT2D eigenvalue weighted by molar-refractivity contribution is -0.142. The lowest BCUT2D eigenvalue weighted by atomic mass is 9.91. The summed E-state index contributed by atoms with van der Waals surface area (Å²) in [5, 5.41) is 15.6. The van der Waals surface area contributed by atoms with Crippen LogP contribution >= 0.6 is 0 Å². The van der Waals surface area contributed by atoms with Crippen LogP contribution < -0.4 is 22.4 Å². The van der Waals surface area contributed by atoms with Crippen LogP contribution in [0.15, 0.2) is 23.4 Å². The van der Waals surface area contributed by atoms with E-state index in [1.54, 1.807) is 0 Å². The first-order valence-electron chi connectivity index (χ1n) is 10.5. The van der Waals surface area contributed by atoms with E-state index in [0.29, 0.717) is 18.2 Å². The minimum absolute atomic E-state index is 0.237. The summed E-state index contributed by atoms with van der Waals surface area (Å²) in [6.45, 7) is 12.3. The Kier molecular flexibility index (Phi) is 14.5. The number of carbonyl (C=O) groups is 1. The number of nitrogens with zero attached hydrogens (tertiary/aromatic N) is 2. The van der Waals surface area contributed by atoms with E-state index < -0.39 is 11.9 Å². The van der Waals surface area contributed by atoms with Crippen molar-refractivity contribution in [2.75, 3.05) is 13.1 Å². The van der Waals surface area contributed by atoms with Gasteiger partial charge < -0.3 is 21.7 Å². The zero-order valence-electron chi connectivity index (χ0n) is 18.6. The Morgan fingerprint density at radius 1 is 1.34 bits per heavy atom. The molecule has 0 radical (unpaired) electrons. The van der Waals surface area contributed by atoms with Crippen molar-refractivity contribution in [1.82, 2.24) is 15.7 Å². The van der Waals surface area contributed by atoms with Crippen LogP contribution in [-0.4, -0.2) is 35.0 Å². The standard InChI is InChI=1S/C11H16N2.C8H18N4O2.C2H6/c1-9-2-3-11(8-13-9)10-4-6-12-7-5-10;1-5(2)3-6(8(13)14)4-7(11-9)12-10;1-2/h2-3,8,10,12H,4-7H2,1H3;5-6H,3-4,9-10H2,1-2H3,(H,11,12)(H,13,14);1-2H3. The minimum atomic E-state index is -0.852. The van der Waals surface area contributed by atoms with E-state index in [0.717, 1.165) is 24.7 Å². The number of aliphatic carboxylic acids is 1. The number of hydrogen-bond acceptors (Lipinski definition) is 6. The summed E-state index contributed by atoms with van der Waals surface area (Å²) in [5.41, 5.74) is 4.79. The molecule has 166 valence electrons. The van der Waals surface area contributed by atoms with Crippen molar-refractivity contribution in [3.8, 4) is 0 Å². The zero-order chi connectivity index (χ0) is 22.2. The van der Waals surface area contributed by atoms with Crippen molar-refractivity contribution < 1.29 is 9.90 Å². The molecule has 0 saturated carbocycles. The summed E-state index contributed by atoms with van der Waals surface area (Å²) in [5.74, 6) is 10.1. The van der Waals surface area contributed by atoms with Gasteiger partial charge in [-0.05, 0) is 62.7 Å². The smallest absolute Gasteiger partial charge is 0.306 e. The number of piperidine rings is 1. The van der Waals surface area contributed by atoms with Gasteiger partial charge in [0.1, 0.15) is 5.84 Å². The third-order valence-electron chi connectivity index (χ3n) is 4.61. The summed E-state index contributed by atoms with van der Waals surface area (Å²) >= 11 is 0. The van der Waals surface area contributed by atoms with Gasteiger partial charge in [-0.25, -0.2) is 5.84 Å². The van der Waals surface area contributed by atoms with Crippen LogP contribution in [0.3, 0.4) is 0 Å². The third kappa shape index (κ3) is 11.4. The lowest BCUT2D eigenvalue weighted by Gasteiger charge is -2.22. The number of amidine groups is 1. The molecule has 2 heterocycles. The highest BCUT2D eigenvalue weighted by Crippen LogP contribution is 2.24. The molecule has 2 rings (SSSR count). The van der Waals surface area contributed by atoms with Gasteiger partial charge in [0.25, 0.3) is 0 Å². The van der Waals surface area contributed by atoms with Crippen molar-refractivity contribution >= 4 is 11.8 Å². The van der Waals surface area contributed by atoms with Crippen molar-refractivity contribution in [3.63, 3.8) is 0 Å². The van der Waals surface area contributed by atoms with Gasteiger partial charge in [-0.3, -0.25) is 9.78 Å². The quantitative estimate of drug-likeness (QED) is 0.211. The zero-order valence-corrected chi connectivity index (χ0v) is 18.6. The second-order valence-corrected chi connectivity index (χ2v) is 7.35. The second kappa shape index (κ2) is 15.7. The molecule has 0 aromatic carbocycles. The van der Waals surface area contributed by atoms with Gasteiger partial charge in [-0.15, -0.1) is 0 Å². The Morgan fingerprint density at radius 3 is 2.38 bits per heavy atom. The molecule has 1 aromatic heterocycles. The van der Waals surface area contributed by atoms with Crippen LogP contribution in [0, 0.1) is 18.8 Å². The highest BCUT2D eigenvalue weighted by molar-refractivity contribution is 5.85. The molecule has 0 spiro atoms. The van der Waals surface area contributed by atoms with E-state index in [2.05, 4.69) is 33.0 Å². The van der Waals surface area contributed by atoms with Gasteiger partial charge >= 0.3 is 5.97 Å². The van der Waals surface area contributed by atoms with Crippen LogP contribution in [0.5, 0.6) is 0 Å².